The summed E-state index contributed by atoms with van der Waals surface area (Å²) in [7, 11) is 0. The highest BCUT2D eigenvalue weighted by Gasteiger charge is 2.19. The summed E-state index contributed by atoms with van der Waals surface area (Å²) in [5.74, 6) is 0.703. The Balaban J connectivity index is 1.25. The van der Waals surface area contributed by atoms with E-state index in [0.29, 0.717) is 5.82 Å². The average Bonchev–Trinajstić information content (AvgIpc) is 3.76. The summed E-state index contributed by atoms with van der Waals surface area (Å²) >= 11 is 0. The Kier molecular flexibility index (Phi) is 6.22. The first-order chi connectivity index (χ1) is 25.8. The molecule has 0 fully saturated rings. The highest BCUT2D eigenvalue weighted by atomic mass is 16.3. The van der Waals surface area contributed by atoms with E-state index in [1.54, 1.807) is 0 Å². The number of aromatic nitrogens is 3. The van der Waals surface area contributed by atoms with Gasteiger partial charge in [0.2, 0.25) is 0 Å². The molecule has 4 nitrogen and oxygen atoms in total. The molecule has 0 aliphatic rings. The summed E-state index contributed by atoms with van der Waals surface area (Å²) < 4.78 is 8.62. The lowest BCUT2D eigenvalue weighted by atomic mass is 9.96. The predicted octanol–water partition coefficient (Wildman–Crippen LogP) is 12.8. The second-order valence-corrected chi connectivity index (χ2v) is 13.4. The Morgan fingerprint density at radius 3 is 1.85 bits per heavy atom. The van der Waals surface area contributed by atoms with E-state index in [1.165, 1.54) is 10.8 Å². The zero-order valence-corrected chi connectivity index (χ0v) is 28.0. The van der Waals surface area contributed by atoms with Gasteiger partial charge in [0.1, 0.15) is 11.2 Å². The second-order valence-electron chi connectivity index (χ2n) is 13.4. The summed E-state index contributed by atoms with van der Waals surface area (Å²) in [5.41, 5.74) is 11.2. The fraction of sp³-hybridized carbons (Fsp3) is 0. The molecule has 11 aromatic rings. The molecule has 0 spiro atoms. The van der Waals surface area contributed by atoms with Crippen molar-refractivity contribution >= 4 is 65.4 Å². The third-order valence-electron chi connectivity index (χ3n) is 10.4. The van der Waals surface area contributed by atoms with Crippen molar-refractivity contribution in [3.63, 3.8) is 0 Å². The Bertz CT molecular complexity index is 3140. The summed E-state index contributed by atoms with van der Waals surface area (Å²) in [5, 5.41) is 7.93. The molecule has 0 aliphatic carbocycles. The van der Waals surface area contributed by atoms with Crippen LogP contribution in [0.5, 0.6) is 0 Å². The number of hydrogen-bond donors (Lipinski definition) is 0. The van der Waals surface area contributed by atoms with E-state index in [0.717, 1.165) is 88.3 Å². The number of fused-ring (bicyclic) bond motifs is 9. The van der Waals surface area contributed by atoms with Gasteiger partial charge in [0, 0.05) is 49.1 Å². The molecule has 52 heavy (non-hydrogen) atoms. The van der Waals surface area contributed by atoms with Gasteiger partial charge >= 0.3 is 0 Å². The molecule has 0 saturated carbocycles. The molecule has 0 aliphatic heterocycles. The molecule has 0 N–H and O–H groups in total. The first-order valence-electron chi connectivity index (χ1n) is 17.6. The molecule has 0 bridgehead atoms. The van der Waals surface area contributed by atoms with Crippen molar-refractivity contribution < 1.29 is 4.42 Å². The van der Waals surface area contributed by atoms with Crippen molar-refractivity contribution in [3.05, 3.63) is 176 Å². The van der Waals surface area contributed by atoms with Gasteiger partial charge in [0.25, 0.3) is 0 Å². The van der Waals surface area contributed by atoms with Gasteiger partial charge in [-0.1, -0.05) is 121 Å². The van der Waals surface area contributed by atoms with Crippen molar-refractivity contribution in [2.75, 3.05) is 0 Å². The van der Waals surface area contributed by atoms with E-state index in [-0.39, 0.29) is 0 Å². The number of furan rings is 1. The van der Waals surface area contributed by atoms with Crippen LogP contribution in [0.1, 0.15) is 0 Å². The highest BCUT2D eigenvalue weighted by molar-refractivity contribution is 6.12. The van der Waals surface area contributed by atoms with Crippen LogP contribution in [0.3, 0.4) is 0 Å². The predicted molar refractivity (Wildman–Crippen MR) is 215 cm³/mol. The van der Waals surface area contributed by atoms with Crippen LogP contribution in [0.25, 0.3) is 105 Å². The van der Waals surface area contributed by atoms with E-state index in [4.69, 9.17) is 14.4 Å². The Morgan fingerprint density at radius 2 is 1.04 bits per heavy atom. The molecule has 8 aromatic carbocycles. The van der Waals surface area contributed by atoms with Crippen LogP contribution in [0.15, 0.2) is 180 Å². The standard InChI is InChI=1S/C48H29N3O/c1-2-13-31(14-3-1)48-49-46(40-24-22-30-12-4-5-15-36(30)47(40)50-48)34-26-33(32-23-25-45-41(29-32)39-18-8-11-21-44(39)52-45)27-35(28-34)51-42-19-9-6-16-37(42)38-17-7-10-20-43(38)51/h1-29H. The number of hydrogen-bond acceptors (Lipinski definition) is 3. The van der Waals surface area contributed by atoms with Gasteiger partial charge in [-0.3, -0.25) is 0 Å². The monoisotopic (exact) mass is 663 g/mol. The van der Waals surface area contributed by atoms with Gasteiger partial charge in [0.05, 0.1) is 22.2 Å². The molecule has 3 heterocycles. The zero-order chi connectivity index (χ0) is 34.2. The number of rotatable bonds is 4. The lowest BCUT2D eigenvalue weighted by Gasteiger charge is -2.16. The maximum absolute atomic E-state index is 6.23. The fourth-order valence-electron chi connectivity index (χ4n) is 7.95. The van der Waals surface area contributed by atoms with Crippen molar-refractivity contribution in [3.8, 4) is 39.5 Å². The van der Waals surface area contributed by atoms with Gasteiger partial charge in [-0.15, -0.1) is 0 Å². The maximum Gasteiger partial charge on any atom is 0.160 e. The highest BCUT2D eigenvalue weighted by Crippen LogP contribution is 2.40. The Labute approximate surface area is 298 Å². The Hall–Kier alpha value is -7.04. The van der Waals surface area contributed by atoms with Gasteiger partial charge in [0.15, 0.2) is 5.82 Å². The quantitative estimate of drug-likeness (QED) is 0.176. The van der Waals surface area contributed by atoms with Gasteiger partial charge in [-0.2, -0.15) is 0 Å². The number of nitrogens with zero attached hydrogens (tertiary/aromatic N) is 3. The van der Waals surface area contributed by atoms with Gasteiger partial charge in [-0.25, -0.2) is 9.97 Å². The van der Waals surface area contributed by atoms with E-state index in [2.05, 4.69) is 150 Å². The van der Waals surface area contributed by atoms with Crippen LogP contribution in [-0.2, 0) is 0 Å². The molecular weight excluding hydrogens is 635 g/mol. The van der Waals surface area contributed by atoms with E-state index in [9.17, 15) is 0 Å². The molecule has 11 rings (SSSR count). The van der Waals surface area contributed by atoms with Crippen LogP contribution < -0.4 is 0 Å². The normalized spacial score (nSPS) is 11.8. The first kappa shape index (κ1) is 28.8. The van der Waals surface area contributed by atoms with Crippen molar-refractivity contribution in [1.29, 1.82) is 0 Å². The van der Waals surface area contributed by atoms with Gasteiger partial charge in [-0.05, 0) is 71.1 Å². The SMILES string of the molecule is c1ccc(-c2nc(-c3cc(-c4ccc5oc6ccccc6c5c4)cc(-n4c5ccccc5c5ccccc54)c3)c3ccc4ccccc4c3n2)cc1. The fourth-order valence-corrected chi connectivity index (χ4v) is 7.95. The third kappa shape index (κ3) is 4.41. The molecule has 0 saturated heterocycles. The third-order valence-corrected chi connectivity index (χ3v) is 10.4. The van der Waals surface area contributed by atoms with Crippen LogP contribution >= 0.6 is 0 Å². The molecule has 0 amide bonds. The molecule has 242 valence electrons. The molecule has 0 atom stereocenters. The minimum atomic E-state index is 0.703. The van der Waals surface area contributed by atoms with Crippen LogP contribution in [0.2, 0.25) is 0 Å². The lowest BCUT2D eigenvalue weighted by Crippen LogP contribution is -1.99. The number of para-hydroxylation sites is 3. The summed E-state index contributed by atoms with van der Waals surface area (Å²) in [6, 6.07) is 62.1. The molecule has 3 aromatic heterocycles. The molecule has 0 unspecified atom stereocenters. The van der Waals surface area contributed by atoms with Crippen LogP contribution in [0.4, 0.5) is 0 Å². The van der Waals surface area contributed by atoms with Crippen molar-refractivity contribution in [2.24, 2.45) is 0 Å². The first-order valence-corrected chi connectivity index (χ1v) is 17.6. The lowest BCUT2D eigenvalue weighted by molar-refractivity contribution is 0.669. The zero-order valence-electron chi connectivity index (χ0n) is 28.0. The molecule has 0 radical (unpaired) electrons. The smallest absolute Gasteiger partial charge is 0.160 e. The number of benzene rings is 8. The second kappa shape index (κ2) is 11.2. The Morgan fingerprint density at radius 1 is 0.385 bits per heavy atom. The minimum Gasteiger partial charge on any atom is -0.456 e. The van der Waals surface area contributed by atoms with Crippen LogP contribution in [-0.4, -0.2) is 14.5 Å². The topological polar surface area (TPSA) is 43.9 Å². The van der Waals surface area contributed by atoms with Crippen LogP contribution in [0, 0.1) is 0 Å². The van der Waals surface area contributed by atoms with Crippen molar-refractivity contribution in [1.82, 2.24) is 14.5 Å². The van der Waals surface area contributed by atoms with Crippen molar-refractivity contribution in [2.45, 2.75) is 0 Å². The molecule has 4 heteroatoms. The van der Waals surface area contributed by atoms with E-state index >= 15 is 0 Å². The average molecular weight is 664 g/mol. The minimum absolute atomic E-state index is 0.703. The summed E-state index contributed by atoms with van der Waals surface area (Å²) in [6.07, 6.45) is 0. The van der Waals surface area contributed by atoms with Gasteiger partial charge < -0.3 is 8.98 Å². The van der Waals surface area contributed by atoms with E-state index < -0.39 is 0 Å². The molecular formula is C48H29N3O. The maximum atomic E-state index is 6.23. The summed E-state index contributed by atoms with van der Waals surface area (Å²) in [6.45, 7) is 0. The summed E-state index contributed by atoms with van der Waals surface area (Å²) in [4.78, 5) is 10.6. The largest absolute Gasteiger partial charge is 0.456 e. The van der Waals surface area contributed by atoms with E-state index in [1.807, 2.05) is 30.3 Å².